The third-order valence-corrected chi connectivity index (χ3v) is 4.01. The standard InChI is InChI=1S/C14H17N3O/c15-14(7-8-18-9-14)13-16-11-3-1-2-4-12(11)17(13)10-5-6-10/h1-4,10H,5-9,15H2. The van der Waals surface area contributed by atoms with Crippen molar-refractivity contribution in [2.75, 3.05) is 13.2 Å². The Kier molecular flexibility index (Phi) is 2.08. The number of nitrogens with two attached hydrogens (primary N) is 1. The van der Waals surface area contributed by atoms with Crippen molar-refractivity contribution in [3.05, 3.63) is 30.1 Å². The summed E-state index contributed by atoms with van der Waals surface area (Å²) >= 11 is 0. The highest BCUT2D eigenvalue weighted by molar-refractivity contribution is 5.76. The van der Waals surface area contributed by atoms with Crippen molar-refractivity contribution in [1.82, 2.24) is 9.55 Å². The largest absolute Gasteiger partial charge is 0.379 e. The number of nitrogens with zero attached hydrogens (tertiary/aromatic N) is 2. The van der Waals surface area contributed by atoms with E-state index < -0.39 is 5.54 Å². The molecule has 1 atom stereocenters. The maximum atomic E-state index is 6.50. The molecule has 4 rings (SSSR count). The normalized spacial score (nSPS) is 28.1. The van der Waals surface area contributed by atoms with Crippen LogP contribution in [0.15, 0.2) is 24.3 Å². The van der Waals surface area contributed by atoms with Crippen molar-refractivity contribution in [3.63, 3.8) is 0 Å². The Balaban J connectivity index is 1.96. The SMILES string of the molecule is NC1(c2nc3ccccc3n2C2CC2)CCOC1. The number of para-hydroxylation sites is 2. The molecule has 2 aliphatic rings. The molecule has 0 amide bonds. The van der Waals surface area contributed by atoms with Crippen LogP contribution in [-0.4, -0.2) is 22.8 Å². The minimum Gasteiger partial charge on any atom is -0.379 e. The quantitative estimate of drug-likeness (QED) is 0.877. The molecule has 1 aliphatic carbocycles. The molecular weight excluding hydrogens is 226 g/mol. The van der Waals surface area contributed by atoms with E-state index in [0.717, 1.165) is 24.4 Å². The fourth-order valence-electron chi connectivity index (χ4n) is 2.86. The zero-order chi connectivity index (χ0) is 12.2. The number of rotatable bonds is 2. The fourth-order valence-corrected chi connectivity index (χ4v) is 2.86. The maximum Gasteiger partial charge on any atom is 0.132 e. The Morgan fingerprint density at radius 1 is 1.33 bits per heavy atom. The van der Waals surface area contributed by atoms with Crippen LogP contribution in [0.25, 0.3) is 11.0 Å². The molecule has 2 N–H and O–H groups in total. The zero-order valence-corrected chi connectivity index (χ0v) is 10.3. The predicted molar refractivity (Wildman–Crippen MR) is 69.3 cm³/mol. The summed E-state index contributed by atoms with van der Waals surface area (Å²) in [7, 11) is 0. The second kappa shape index (κ2) is 3.56. The molecule has 94 valence electrons. The van der Waals surface area contributed by atoms with Gasteiger partial charge in [-0.05, 0) is 31.4 Å². The molecule has 0 bridgehead atoms. The van der Waals surface area contributed by atoms with Gasteiger partial charge in [0.05, 0.1) is 17.6 Å². The van der Waals surface area contributed by atoms with Gasteiger partial charge in [0, 0.05) is 12.6 Å². The summed E-state index contributed by atoms with van der Waals surface area (Å²) in [6.45, 7) is 1.33. The lowest BCUT2D eigenvalue weighted by Crippen LogP contribution is -2.40. The van der Waals surface area contributed by atoms with Gasteiger partial charge in [-0.25, -0.2) is 4.98 Å². The van der Waals surface area contributed by atoms with Gasteiger partial charge in [0.2, 0.25) is 0 Å². The summed E-state index contributed by atoms with van der Waals surface area (Å²) in [5, 5.41) is 0. The first-order valence-electron chi connectivity index (χ1n) is 6.62. The van der Waals surface area contributed by atoms with Gasteiger partial charge in [0.1, 0.15) is 11.4 Å². The average Bonchev–Trinajstić information content (AvgIpc) is 2.99. The van der Waals surface area contributed by atoms with Crippen molar-refractivity contribution in [1.29, 1.82) is 0 Å². The molecular formula is C14H17N3O. The van der Waals surface area contributed by atoms with Crippen LogP contribution in [0.4, 0.5) is 0 Å². The van der Waals surface area contributed by atoms with Crippen LogP contribution < -0.4 is 5.73 Å². The number of fused-ring (bicyclic) bond motifs is 1. The lowest BCUT2D eigenvalue weighted by Gasteiger charge is -2.22. The van der Waals surface area contributed by atoms with E-state index in [-0.39, 0.29) is 0 Å². The van der Waals surface area contributed by atoms with Crippen molar-refractivity contribution < 1.29 is 4.74 Å². The van der Waals surface area contributed by atoms with Gasteiger partial charge in [-0.3, -0.25) is 0 Å². The fraction of sp³-hybridized carbons (Fsp3) is 0.500. The van der Waals surface area contributed by atoms with Crippen LogP contribution in [-0.2, 0) is 10.3 Å². The Labute approximate surface area is 106 Å². The maximum absolute atomic E-state index is 6.50. The molecule has 2 heterocycles. The second-order valence-corrected chi connectivity index (χ2v) is 5.48. The van der Waals surface area contributed by atoms with E-state index in [1.165, 1.54) is 18.4 Å². The summed E-state index contributed by atoms with van der Waals surface area (Å²) in [4.78, 5) is 4.79. The van der Waals surface area contributed by atoms with Gasteiger partial charge in [-0.15, -0.1) is 0 Å². The van der Waals surface area contributed by atoms with E-state index in [9.17, 15) is 0 Å². The number of benzene rings is 1. The Morgan fingerprint density at radius 3 is 2.89 bits per heavy atom. The van der Waals surface area contributed by atoms with Gasteiger partial charge >= 0.3 is 0 Å². The van der Waals surface area contributed by atoms with Crippen molar-refractivity contribution in [2.45, 2.75) is 30.8 Å². The van der Waals surface area contributed by atoms with E-state index in [0.29, 0.717) is 12.6 Å². The molecule has 4 heteroatoms. The number of hydrogen-bond acceptors (Lipinski definition) is 3. The van der Waals surface area contributed by atoms with Gasteiger partial charge in [0.15, 0.2) is 0 Å². The molecule has 1 aliphatic heterocycles. The summed E-state index contributed by atoms with van der Waals surface area (Å²) < 4.78 is 7.84. The van der Waals surface area contributed by atoms with Crippen LogP contribution in [0.2, 0.25) is 0 Å². The molecule has 2 aromatic rings. The Morgan fingerprint density at radius 2 is 2.17 bits per heavy atom. The zero-order valence-electron chi connectivity index (χ0n) is 10.3. The highest BCUT2D eigenvalue weighted by Crippen LogP contribution is 2.41. The summed E-state index contributed by atoms with van der Waals surface area (Å²) in [6, 6.07) is 8.90. The van der Waals surface area contributed by atoms with Crippen LogP contribution in [0, 0.1) is 0 Å². The van der Waals surface area contributed by atoms with Gasteiger partial charge in [-0.1, -0.05) is 12.1 Å². The molecule has 1 aromatic carbocycles. The molecule has 2 fully saturated rings. The second-order valence-electron chi connectivity index (χ2n) is 5.48. The minimum absolute atomic E-state index is 0.401. The van der Waals surface area contributed by atoms with Gasteiger partial charge in [0.25, 0.3) is 0 Å². The van der Waals surface area contributed by atoms with Crippen LogP contribution in [0.3, 0.4) is 0 Å². The topological polar surface area (TPSA) is 53.1 Å². The molecule has 18 heavy (non-hydrogen) atoms. The van der Waals surface area contributed by atoms with Crippen LogP contribution >= 0.6 is 0 Å². The molecule has 0 radical (unpaired) electrons. The third kappa shape index (κ3) is 1.42. The van der Waals surface area contributed by atoms with E-state index in [4.69, 9.17) is 15.5 Å². The van der Waals surface area contributed by atoms with Gasteiger partial charge in [-0.2, -0.15) is 0 Å². The first-order valence-corrected chi connectivity index (χ1v) is 6.62. The summed E-state index contributed by atoms with van der Waals surface area (Å²) in [5.41, 5.74) is 8.37. The number of imidazole rings is 1. The summed E-state index contributed by atoms with van der Waals surface area (Å²) in [6.07, 6.45) is 3.34. The smallest absolute Gasteiger partial charge is 0.132 e. The number of hydrogen-bond donors (Lipinski definition) is 1. The van der Waals surface area contributed by atoms with Gasteiger partial charge < -0.3 is 15.0 Å². The molecule has 1 unspecified atom stereocenters. The number of ether oxygens (including phenoxy) is 1. The molecule has 0 spiro atoms. The highest BCUT2D eigenvalue weighted by Gasteiger charge is 2.40. The van der Waals surface area contributed by atoms with E-state index in [1.54, 1.807) is 0 Å². The number of aromatic nitrogens is 2. The molecule has 1 aromatic heterocycles. The third-order valence-electron chi connectivity index (χ3n) is 4.01. The average molecular weight is 243 g/mol. The monoisotopic (exact) mass is 243 g/mol. The van der Waals surface area contributed by atoms with Crippen LogP contribution in [0.5, 0.6) is 0 Å². The highest BCUT2D eigenvalue weighted by atomic mass is 16.5. The van der Waals surface area contributed by atoms with Crippen molar-refractivity contribution >= 4 is 11.0 Å². The van der Waals surface area contributed by atoms with E-state index in [2.05, 4.69) is 22.8 Å². The predicted octanol–water partition coefficient (Wildman–Crippen LogP) is 1.95. The molecule has 1 saturated carbocycles. The lowest BCUT2D eigenvalue weighted by atomic mass is 9.99. The molecule has 4 nitrogen and oxygen atoms in total. The van der Waals surface area contributed by atoms with E-state index in [1.807, 2.05) is 6.07 Å². The summed E-state index contributed by atoms with van der Waals surface area (Å²) in [5.74, 6) is 1.02. The lowest BCUT2D eigenvalue weighted by molar-refractivity contribution is 0.175. The first-order chi connectivity index (χ1) is 8.78. The molecule has 1 saturated heterocycles. The van der Waals surface area contributed by atoms with Crippen molar-refractivity contribution in [2.24, 2.45) is 5.73 Å². The Hall–Kier alpha value is -1.39. The first kappa shape index (κ1) is 10.5. The Bertz CT molecular complexity index is 594. The van der Waals surface area contributed by atoms with Crippen LogP contribution in [0.1, 0.15) is 31.1 Å². The minimum atomic E-state index is -0.401. The van der Waals surface area contributed by atoms with E-state index >= 15 is 0 Å². The van der Waals surface area contributed by atoms with Crippen molar-refractivity contribution in [3.8, 4) is 0 Å².